The van der Waals surface area contributed by atoms with Gasteiger partial charge in [-0.05, 0) is 43.3 Å². The Balaban J connectivity index is 1.97. The molecule has 0 aliphatic carbocycles. The van der Waals surface area contributed by atoms with Crippen molar-refractivity contribution in [2.75, 3.05) is 6.61 Å². The maximum absolute atomic E-state index is 12.4. The predicted octanol–water partition coefficient (Wildman–Crippen LogP) is 4.17. The van der Waals surface area contributed by atoms with Crippen LogP contribution in [0.1, 0.15) is 17.3 Å². The van der Waals surface area contributed by atoms with Gasteiger partial charge in [0.25, 0.3) is 0 Å². The van der Waals surface area contributed by atoms with Crippen LogP contribution in [0.25, 0.3) is 11.0 Å². The van der Waals surface area contributed by atoms with E-state index in [1.165, 1.54) is 6.07 Å². The third-order valence-electron chi connectivity index (χ3n) is 3.27. The Morgan fingerprint density at radius 2 is 1.88 bits per heavy atom. The number of hydrogen-bond acceptors (Lipinski definition) is 5. The summed E-state index contributed by atoms with van der Waals surface area (Å²) in [5.41, 5.74) is -0.523. The van der Waals surface area contributed by atoms with Crippen molar-refractivity contribution >= 4 is 32.9 Å². The van der Waals surface area contributed by atoms with E-state index in [1.807, 2.05) is 6.92 Å². The topological polar surface area (TPSA) is 65.7 Å². The molecule has 0 unspecified atom stereocenters. The van der Waals surface area contributed by atoms with Crippen LogP contribution in [-0.2, 0) is 0 Å². The normalized spacial score (nSPS) is 10.6. The van der Waals surface area contributed by atoms with Crippen molar-refractivity contribution in [2.45, 2.75) is 6.92 Å². The molecule has 1 heterocycles. The summed E-state index contributed by atoms with van der Waals surface area (Å²) in [7, 11) is 0. The van der Waals surface area contributed by atoms with E-state index in [0.717, 1.165) is 4.47 Å². The number of benzene rings is 2. The van der Waals surface area contributed by atoms with Crippen molar-refractivity contribution in [3.63, 3.8) is 0 Å². The lowest BCUT2D eigenvalue weighted by Crippen LogP contribution is -2.19. The van der Waals surface area contributed by atoms with E-state index in [0.29, 0.717) is 23.3 Å². The first-order chi connectivity index (χ1) is 11.6. The molecule has 0 saturated heterocycles. The fraction of sp³-hybridized carbons (Fsp3) is 0.111. The minimum absolute atomic E-state index is 0.174. The van der Waals surface area contributed by atoms with Gasteiger partial charge in [-0.1, -0.05) is 28.1 Å². The van der Waals surface area contributed by atoms with Gasteiger partial charge in [-0.25, -0.2) is 9.59 Å². The van der Waals surface area contributed by atoms with Crippen LogP contribution in [0.4, 0.5) is 0 Å². The molecular formula is C18H13BrO5. The average molecular weight is 389 g/mol. The molecule has 0 spiro atoms. The first-order valence-electron chi connectivity index (χ1n) is 7.26. The number of ether oxygens (including phenoxy) is 2. The van der Waals surface area contributed by atoms with Gasteiger partial charge in [0.2, 0.25) is 0 Å². The second-order valence-corrected chi connectivity index (χ2v) is 5.81. The number of halogens is 1. The van der Waals surface area contributed by atoms with E-state index in [2.05, 4.69) is 15.9 Å². The highest BCUT2D eigenvalue weighted by atomic mass is 79.9. The van der Waals surface area contributed by atoms with Crippen LogP contribution in [0.3, 0.4) is 0 Å². The molecule has 0 amide bonds. The first-order valence-corrected chi connectivity index (χ1v) is 8.05. The summed E-state index contributed by atoms with van der Waals surface area (Å²) in [4.78, 5) is 24.4. The zero-order valence-corrected chi connectivity index (χ0v) is 14.3. The molecule has 0 radical (unpaired) electrons. The Kier molecular flexibility index (Phi) is 4.66. The predicted molar refractivity (Wildman–Crippen MR) is 92.8 cm³/mol. The molecule has 1 aromatic heterocycles. The van der Waals surface area contributed by atoms with Crippen LogP contribution in [0.5, 0.6) is 11.5 Å². The van der Waals surface area contributed by atoms with E-state index < -0.39 is 11.6 Å². The standard InChI is InChI=1S/C18H13BrO5/c1-2-22-15-5-3-4-6-16(15)24-18(21)13-10-11-9-12(19)7-8-14(11)23-17(13)20/h3-10H,2H2,1H3. The Labute approximate surface area is 145 Å². The van der Waals surface area contributed by atoms with E-state index >= 15 is 0 Å². The average Bonchev–Trinajstić information content (AvgIpc) is 2.56. The van der Waals surface area contributed by atoms with Crippen molar-refractivity contribution in [1.29, 1.82) is 0 Å². The molecule has 24 heavy (non-hydrogen) atoms. The summed E-state index contributed by atoms with van der Waals surface area (Å²) >= 11 is 3.34. The number of carbonyl (C=O) groups is 1. The van der Waals surface area contributed by atoms with Gasteiger partial charge in [-0.3, -0.25) is 0 Å². The van der Waals surface area contributed by atoms with Crippen LogP contribution in [-0.4, -0.2) is 12.6 Å². The molecule has 5 nitrogen and oxygen atoms in total. The largest absolute Gasteiger partial charge is 0.490 e. The summed E-state index contributed by atoms with van der Waals surface area (Å²) in [5, 5.41) is 0.619. The number of carbonyl (C=O) groups excluding carboxylic acids is 1. The zero-order chi connectivity index (χ0) is 17.1. The van der Waals surface area contributed by atoms with Crippen molar-refractivity contribution in [3.8, 4) is 11.5 Å². The molecule has 2 aromatic carbocycles. The highest BCUT2D eigenvalue weighted by molar-refractivity contribution is 9.10. The molecule has 0 N–H and O–H groups in total. The Morgan fingerprint density at radius 1 is 1.12 bits per heavy atom. The van der Waals surface area contributed by atoms with Gasteiger partial charge < -0.3 is 13.9 Å². The summed E-state index contributed by atoms with van der Waals surface area (Å²) in [6, 6.07) is 13.4. The summed E-state index contributed by atoms with van der Waals surface area (Å²) < 4.78 is 16.7. The second kappa shape index (κ2) is 6.88. The molecule has 6 heteroatoms. The molecule has 0 fully saturated rings. The maximum atomic E-state index is 12.4. The van der Waals surface area contributed by atoms with Gasteiger partial charge in [-0.15, -0.1) is 0 Å². The SMILES string of the molecule is CCOc1ccccc1OC(=O)c1cc2cc(Br)ccc2oc1=O. The lowest BCUT2D eigenvalue weighted by atomic mass is 10.2. The number of esters is 1. The van der Waals surface area contributed by atoms with Crippen molar-refractivity contribution in [2.24, 2.45) is 0 Å². The summed E-state index contributed by atoms with van der Waals surface area (Å²) in [6.07, 6.45) is 0. The maximum Gasteiger partial charge on any atom is 0.351 e. The number of rotatable bonds is 4. The van der Waals surface area contributed by atoms with Crippen LogP contribution in [0.15, 0.2) is 62.2 Å². The van der Waals surface area contributed by atoms with Gasteiger partial charge in [0.05, 0.1) is 6.61 Å². The Morgan fingerprint density at radius 3 is 2.62 bits per heavy atom. The Bertz CT molecular complexity index is 961. The lowest BCUT2D eigenvalue weighted by molar-refractivity contribution is 0.0724. The molecule has 122 valence electrons. The molecule has 0 bridgehead atoms. The van der Waals surface area contributed by atoms with Crippen molar-refractivity contribution < 1.29 is 18.7 Å². The molecular weight excluding hydrogens is 376 g/mol. The van der Waals surface area contributed by atoms with Gasteiger partial charge in [0.1, 0.15) is 11.1 Å². The molecule has 0 saturated carbocycles. The minimum atomic E-state index is -0.794. The highest BCUT2D eigenvalue weighted by Gasteiger charge is 2.18. The highest BCUT2D eigenvalue weighted by Crippen LogP contribution is 2.27. The van der Waals surface area contributed by atoms with E-state index in [4.69, 9.17) is 13.9 Å². The fourth-order valence-electron chi connectivity index (χ4n) is 2.20. The third kappa shape index (κ3) is 3.33. The molecule has 0 aliphatic heterocycles. The Hall–Kier alpha value is -2.60. The molecule has 0 atom stereocenters. The van der Waals surface area contributed by atoms with Crippen molar-refractivity contribution in [3.05, 3.63) is 69.0 Å². The van der Waals surface area contributed by atoms with Gasteiger partial charge >= 0.3 is 11.6 Å². The number of para-hydroxylation sites is 2. The van der Waals surface area contributed by atoms with Crippen molar-refractivity contribution in [1.82, 2.24) is 0 Å². The second-order valence-electron chi connectivity index (χ2n) is 4.90. The van der Waals surface area contributed by atoms with Gasteiger partial charge in [0.15, 0.2) is 11.5 Å². The molecule has 0 aliphatic rings. The smallest absolute Gasteiger partial charge is 0.351 e. The third-order valence-corrected chi connectivity index (χ3v) is 3.76. The monoisotopic (exact) mass is 388 g/mol. The number of hydrogen-bond donors (Lipinski definition) is 0. The van der Waals surface area contributed by atoms with Crippen LogP contribution < -0.4 is 15.1 Å². The zero-order valence-electron chi connectivity index (χ0n) is 12.7. The minimum Gasteiger partial charge on any atom is -0.490 e. The quantitative estimate of drug-likeness (QED) is 0.381. The summed E-state index contributed by atoms with van der Waals surface area (Å²) in [5.74, 6) is -0.114. The molecule has 3 aromatic rings. The first kappa shape index (κ1) is 16.3. The van der Waals surface area contributed by atoms with E-state index in [1.54, 1.807) is 42.5 Å². The van der Waals surface area contributed by atoms with E-state index in [9.17, 15) is 9.59 Å². The van der Waals surface area contributed by atoms with Crippen LogP contribution in [0, 0.1) is 0 Å². The van der Waals surface area contributed by atoms with Crippen LogP contribution >= 0.6 is 15.9 Å². The summed E-state index contributed by atoms with van der Waals surface area (Å²) in [6.45, 7) is 2.26. The fourth-order valence-corrected chi connectivity index (χ4v) is 2.58. The van der Waals surface area contributed by atoms with Crippen LogP contribution in [0.2, 0.25) is 0 Å². The van der Waals surface area contributed by atoms with Gasteiger partial charge in [0, 0.05) is 9.86 Å². The lowest BCUT2D eigenvalue weighted by Gasteiger charge is -2.10. The number of fused-ring (bicyclic) bond motifs is 1. The molecule has 3 rings (SSSR count). The van der Waals surface area contributed by atoms with E-state index in [-0.39, 0.29) is 11.3 Å². The van der Waals surface area contributed by atoms with Gasteiger partial charge in [-0.2, -0.15) is 0 Å².